The van der Waals surface area contributed by atoms with Crippen molar-refractivity contribution in [2.75, 3.05) is 7.05 Å². The third-order valence-corrected chi connectivity index (χ3v) is 4.16. The lowest BCUT2D eigenvalue weighted by Crippen LogP contribution is -2.29. The summed E-state index contributed by atoms with van der Waals surface area (Å²) in [6, 6.07) is 9.71. The van der Waals surface area contributed by atoms with Gasteiger partial charge in [-0.05, 0) is 18.4 Å². The Balaban J connectivity index is 1.77. The number of aliphatic imine (C=N–C) groups is 1. The molecule has 0 saturated heterocycles. The van der Waals surface area contributed by atoms with Crippen molar-refractivity contribution in [3.8, 4) is 11.1 Å². The van der Waals surface area contributed by atoms with Crippen LogP contribution in [0.4, 0.5) is 0 Å². The van der Waals surface area contributed by atoms with Gasteiger partial charge in [-0.1, -0.05) is 43.0 Å². The maximum absolute atomic E-state index is 12.4. The zero-order valence-electron chi connectivity index (χ0n) is 14.1. The molecule has 128 valence electrons. The van der Waals surface area contributed by atoms with Crippen molar-refractivity contribution in [2.45, 2.75) is 18.9 Å². The molecule has 1 aromatic heterocycles. The minimum absolute atomic E-state index is 0.113. The summed E-state index contributed by atoms with van der Waals surface area (Å²) in [6.07, 6.45) is 7.96. The molecule has 0 bridgehead atoms. The first-order valence-corrected chi connectivity index (χ1v) is 8.10. The smallest absolute Gasteiger partial charge is 0.279 e. The molecule has 1 heterocycles. The van der Waals surface area contributed by atoms with E-state index in [4.69, 9.17) is 0 Å². The van der Waals surface area contributed by atoms with Gasteiger partial charge in [-0.2, -0.15) is 0 Å². The average molecular weight is 336 g/mol. The van der Waals surface area contributed by atoms with Crippen LogP contribution >= 0.6 is 0 Å². The number of carbonyl (C=O) groups is 1. The molecule has 0 unspecified atom stereocenters. The highest BCUT2D eigenvalue weighted by molar-refractivity contribution is 5.96. The van der Waals surface area contributed by atoms with Crippen LogP contribution in [0.2, 0.25) is 0 Å². The van der Waals surface area contributed by atoms with E-state index in [1.807, 2.05) is 30.3 Å². The van der Waals surface area contributed by atoms with Gasteiger partial charge in [0.1, 0.15) is 6.34 Å². The number of hydrogen-bond acceptors (Lipinski definition) is 3. The Hall–Kier alpha value is -3.15. The molecule has 0 radical (unpaired) electrons. The summed E-state index contributed by atoms with van der Waals surface area (Å²) in [4.78, 5) is 30.5. The van der Waals surface area contributed by atoms with Crippen LogP contribution in [-0.2, 0) is 4.79 Å². The highest BCUT2D eigenvalue weighted by Gasteiger charge is 2.30. The van der Waals surface area contributed by atoms with Crippen molar-refractivity contribution in [1.29, 1.82) is 0 Å². The number of rotatable bonds is 6. The molecular formula is C19H20N4O2. The molecular weight excluding hydrogens is 316 g/mol. The monoisotopic (exact) mass is 336 g/mol. The topological polar surface area (TPSA) is 70.5 Å². The van der Waals surface area contributed by atoms with Crippen LogP contribution in [0.15, 0.2) is 70.7 Å². The van der Waals surface area contributed by atoms with Gasteiger partial charge in [-0.25, -0.2) is 9.67 Å². The van der Waals surface area contributed by atoms with Gasteiger partial charge in [0.05, 0.1) is 11.1 Å². The molecule has 0 spiro atoms. The Bertz CT molecular complexity index is 886. The zero-order valence-corrected chi connectivity index (χ0v) is 14.1. The molecule has 1 amide bonds. The van der Waals surface area contributed by atoms with Gasteiger partial charge in [0.2, 0.25) is 0 Å². The number of amides is 1. The molecule has 2 aromatic rings. The lowest BCUT2D eigenvalue weighted by atomic mass is 10.1. The van der Waals surface area contributed by atoms with Crippen molar-refractivity contribution >= 4 is 12.2 Å². The number of hydrogen-bond donors (Lipinski definition) is 1. The molecule has 6 heteroatoms. The van der Waals surface area contributed by atoms with E-state index in [1.54, 1.807) is 18.1 Å². The Kier molecular flexibility index (Phi) is 4.79. The predicted molar refractivity (Wildman–Crippen MR) is 98.5 cm³/mol. The fourth-order valence-electron chi connectivity index (χ4n) is 2.50. The standard InChI is InChI=1S/C19H20N4O2/c1-3-14(18(24)22(2)16-9-10-16)11-20-13-23-19(25)17(12-21-23)15-7-5-4-6-8-15/h3-8,11-13,16,21H,1,9-10H2,2H3/b14-11+,20-13?. The predicted octanol–water partition coefficient (Wildman–Crippen LogP) is 2.41. The Labute approximate surface area is 145 Å². The lowest BCUT2D eigenvalue weighted by molar-refractivity contribution is -0.126. The van der Waals surface area contributed by atoms with Gasteiger partial charge in [0.25, 0.3) is 11.5 Å². The molecule has 25 heavy (non-hydrogen) atoms. The molecule has 1 fully saturated rings. The summed E-state index contributed by atoms with van der Waals surface area (Å²) in [7, 11) is 1.78. The largest absolute Gasteiger partial charge is 0.339 e. The number of nitrogens with one attached hydrogen (secondary N) is 1. The quantitative estimate of drug-likeness (QED) is 0.381. The summed E-state index contributed by atoms with van der Waals surface area (Å²) in [6.45, 7) is 3.67. The second-order valence-electron chi connectivity index (χ2n) is 5.93. The molecule has 1 aliphatic carbocycles. The second-order valence-corrected chi connectivity index (χ2v) is 5.93. The van der Waals surface area contributed by atoms with Gasteiger partial charge in [0, 0.05) is 25.5 Å². The van der Waals surface area contributed by atoms with Crippen LogP contribution in [0.1, 0.15) is 12.8 Å². The fourth-order valence-corrected chi connectivity index (χ4v) is 2.50. The van der Waals surface area contributed by atoms with Crippen LogP contribution in [0.3, 0.4) is 0 Å². The molecule has 1 saturated carbocycles. The van der Waals surface area contributed by atoms with Gasteiger partial charge < -0.3 is 4.90 Å². The minimum atomic E-state index is -0.204. The van der Waals surface area contributed by atoms with Crippen molar-refractivity contribution in [3.05, 3.63) is 71.3 Å². The van der Waals surface area contributed by atoms with Crippen LogP contribution in [0.5, 0.6) is 0 Å². The summed E-state index contributed by atoms with van der Waals surface area (Å²) in [5.74, 6) is -0.113. The van der Waals surface area contributed by atoms with E-state index in [-0.39, 0.29) is 11.5 Å². The number of likely N-dealkylation sites (N-methyl/N-ethyl adjacent to an activating group) is 1. The number of nitrogens with zero attached hydrogens (tertiary/aromatic N) is 3. The van der Waals surface area contributed by atoms with Gasteiger partial charge in [0.15, 0.2) is 0 Å². The van der Waals surface area contributed by atoms with E-state index in [9.17, 15) is 9.59 Å². The molecule has 1 aromatic carbocycles. The Morgan fingerprint density at radius 2 is 2.08 bits per heavy atom. The minimum Gasteiger partial charge on any atom is -0.339 e. The summed E-state index contributed by atoms with van der Waals surface area (Å²) < 4.78 is 1.27. The maximum Gasteiger partial charge on any atom is 0.279 e. The van der Waals surface area contributed by atoms with Crippen molar-refractivity contribution in [2.24, 2.45) is 4.99 Å². The van der Waals surface area contributed by atoms with Gasteiger partial charge >= 0.3 is 0 Å². The first-order valence-electron chi connectivity index (χ1n) is 8.10. The average Bonchev–Trinajstić information content (AvgIpc) is 3.42. The highest BCUT2D eigenvalue weighted by atomic mass is 16.2. The summed E-state index contributed by atoms with van der Waals surface area (Å²) in [5, 5.41) is 2.85. The van der Waals surface area contributed by atoms with E-state index in [1.165, 1.54) is 23.3 Å². The molecule has 0 aliphatic heterocycles. The zero-order chi connectivity index (χ0) is 17.8. The SMILES string of the molecule is C=C/C(=C\N=Cn1[nH]cc(-c2ccccc2)c1=O)C(=O)N(C)C1CC1. The Morgan fingerprint density at radius 3 is 2.72 bits per heavy atom. The summed E-state index contributed by atoms with van der Waals surface area (Å²) in [5.41, 5.74) is 1.59. The van der Waals surface area contributed by atoms with Crippen molar-refractivity contribution < 1.29 is 4.79 Å². The molecule has 0 atom stereocenters. The second kappa shape index (κ2) is 7.17. The van der Waals surface area contributed by atoms with Crippen molar-refractivity contribution in [3.63, 3.8) is 0 Å². The van der Waals surface area contributed by atoms with E-state index < -0.39 is 0 Å². The first-order chi connectivity index (χ1) is 12.1. The number of aromatic amines is 1. The van der Waals surface area contributed by atoms with Crippen LogP contribution < -0.4 is 5.56 Å². The molecule has 3 rings (SSSR count). The van der Waals surface area contributed by atoms with E-state index in [0.717, 1.165) is 18.4 Å². The number of aromatic nitrogens is 2. The molecule has 6 nitrogen and oxygen atoms in total. The number of H-pyrrole nitrogens is 1. The normalized spacial score (nSPS) is 14.7. The third kappa shape index (κ3) is 3.68. The highest BCUT2D eigenvalue weighted by Crippen LogP contribution is 2.26. The lowest BCUT2D eigenvalue weighted by Gasteiger charge is -2.16. The molecule has 1 N–H and O–H groups in total. The number of benzene rings is 1. The van der Waals surface area contributed by atoms with Crippen molar-refractivity contribution in [1.82, 2.24) is 14.7 Å². The van der Waals surface area contributed by atoms with Crippen LogP contribution in [0.25, 0.3) is 11.1 Å². The fraction of sp³-hybridized carbons (Fsp3) is 0.211. The van der Waals surface area contributed by atoms with Gasteiger partial charge in [-0.15, -0.1) is 0 Å². The van der Waals surface area contributed by atoms with E-state index in [2.05, 4.69) is 16.7 Å². The van der Waals surface area contributed by atoms with Crippen LogP contribution in [-0.4, -0.2) is 40.0 Å². The van der Waals surface area contributed by atoms with Crippen LogP contribution in [0, 0.1) is 0 Å². The van der Waals surface area contributed by atoms with Gasteiger partial charge in [-0.3, -0.25) is 14.7 Å². The third-order valence-electron chi connectivity index (χ3n) is 4.16. The summed E-state index contributed by atoms with van der Waals surface area (Å²) >= 11 is 0. The molecule has 1 aliphatic rings. The maximum atomic E-state index is 12.4. The number of carbonyl (C=O) groups excluding carboxylic acids is 1. The van der Waals surface area contributed by atoms with E-state index in [0.29, 0.717) is 17.2 Å². The van der Waals surface area contributed by atoms with E-state index >= 15 is 0 Å². The Morgan fingerprint density at radius 1 is 1.36 bits per heavy atom. The first kappa shape index (κ1) is 16.7.